The molecule has 1 saturated heterocycles. The van der Waals surface area contributed by atoms with Crippen LogP contribution in [0.5, 0.6) is 0 Å². The summed E-state index contributed by atoms with van der Waals surface area (Å²) in [5.41, 5.74) is 1.97. The molecule has 0 amide bonds. The van der Waals surface area contributed by atoms with Crippen LogP contribution in [0.25, 0.3) is 0 Å². The smallest absolute Gasteiger partial charge is 0.159 e. The molecule has 6 heteroatoms. The second-order valence-electron chi connectivity index (χ2n) is 6.23. The fraction of sp³-hybridized carbons (Fsp3) is 0.316. The van der Waals surface area contributed by atoms with Crippen molar-refractivity contribution in [1.82, 2.24) is 4.90 Å². The molecular formula is C19H19BrF2N2O. The first-order chi connectivity index (χ1) is 11.9. The normalized spacial score (nSPS) is 15.4. The Morgan fingerprint density at radius 1 is 1.04 bits per heavy atom. The SMILES string of the molecule is CC(=O)c1ccc(N2CCN(Cc3ccc(F)c(Br)c3)CC2)c(F)c1. The average Bonchev–Trinajstić information content (AvgIpc) is 2.59. The minimum Gasteiger partial charge on any atom is -0.367 e. The number of hydrogen-bond donors (Lipinski definition) is 0. The first-order valence-electron chi connectivity index (χ1n) is 8.16. The molecule has 0 spiro atoms. The zero-order chi connectivity index (χ0) is 18.0. The van der Waals surface area contributed by atoms with E-state index in [4.69, 9.17) is 0 Å². The minimum absolute atomic E-state index is 0.138. The lowest BCUT2D eigenvalue weighted by Gasteiger charge is -2.36. The number of halogens is 3. The Kier molecular flexibility index (Phi) is 5.49. The number of hydrogen-bond acceptors (Lipinski definition) is 3. The van der Waals surface area contributed by atoms with Gasteiger partial charge in [0.2, 0.25) is 0 Å². The van der Waals surface area contributed by atoms with E-state index in [1.165, 1.54) is 19.1 Å². The molecule has 1 heterocycles. The Morgan fingerprint density at radius 3 is 2.36 bits per heavy atom. The molecule has 0 aromatic heterocycles. The molecule has 1 aliphatic rings. The second kappa shape index (κ2) is 7.62. The number of piperazine rings is 1. The second-order valence-corrected chi connectivity index (χ2v) is 7.09. The van der Waals surface area contributed by atoms with Crippen molar-refractivity contribution in [2.24, 2.45) is 0 Å². The largest absolute Gasteiger partial charge is 0.367 e. The van der Waals surface area contributed by atoms with E-state index in [-0.39, 0.29) is 17.4 Å². The summed E-state index contributed by atoms with van der Waals surface area (Å²) < 4.78 is 28.1. The van der Waals surface area contributed by atoms with Crippen molar-refractivity contribution in [3.63, 3.8) is 0 Å². The quantitative estimate of drug-likeness (QED) is 0.706. The van der Waals surface area contributed by atoms with Crippen molar-refractivity contribution < 1.29 is 13.6 Å². The molecule has 2 aromatic carbocycles. The maximum absolute atomic E-state index is 14.3. The van der Waals surface area contributed by atoms with Gasteiger partial charge in [-0.3, -0.25) is 9.69 Å². The number of Topliss-reactive ketones (excluding diaryl/α,β-unsaturated/α-hetero) is 1. The van der Waals surface area contributed by atoms with Crippen LogP contribution in [-0.2, 0) is 6.54 Å². The molecule has 3 rings (SSSR count). The van der Waals surface area contributed by atoms with Crippen LogP contribution < -0.4 is 4.90 Å². The van der Waals surface area contributed by atoms with E-state index >= 15 is 0 Å². The molecule has 0 radical (unpaired) electrons. The van der Waals surface area contributed by atoms with Crippen LogP contribution in [0, 0.1) is 11.6 Å². The van der Waals surface area contributed by atoms with Crippen LogP contribution in [0.3, 0.4) is 0 Å². The van der Waals surface area contributed by atoms with Gasteiger partial charge in [-0.1, -0.05) is 6.07 Å². The Balaban J connectivity index is 1.62. The lowest BCUT2D eigenvalue weighted by atomic mass is 10.1. The predicted molar refractivity (Wildman–Crippen MR) is 98.0 cm³/mol. The number of carbonyl (C=O) groups is 1. The van der Waals surface area contributed by atoms with E-state index in [1.54, 1.807) is 24.3 Å². The summed E-state index contributed by atoms with van der Waals surface area (Å²) in [7, 11) is 0. The highest BCUT2D eigenvalue weighted by Crippen LogP contribution is 2.23. The molecule has 0 N–H and O–H groups in total. The van der Waals surface area contributed by atoms with Crippen LogP contribution >= 0.6 is 15.9 Å². The molecule has 0 bridgehead atoms. The molecule has 0 atom stereocenters. The van der Waals surface area contributed by atoms with Crippen molar-refractivity contribution in [2.75, 3.05) is 31.1 Å². The fourth-order valence-corrected chi connectivity index (χ4v) is 3.45. The van der Waals surface area contributed by atoms with Gasteiger partial charge in [0.15, 0.2) is 5.78 Å². The molecule has 0 aliphatic carbocycles. The molecule has 0 saturated carbocycles. The standard InChI is InChI=1S/C19H19BrF2N2O/c1-13(25)15-3-5-19(18(22)11-15)24-8-6-23(7-9-24)12-14-2-4-17(21)16(20)10-14/h2-5,10-11H,6-9,12H2,1H3. The fourth-order valence-electron chi connectivity index (χ4n) is 3.03. The van der Waals surface area contributed by atoms with Gasteiger partial charge in [-0.2, -0.15) is 0 Å². The summed E-state index contributed by atoms with van der Waals surface area (Å²) in [5.74, 6) is -0.762. The Hall–Kier alpha value is -1.79. The summed E-state index contributed by atoms with van der Waals surface area (Å²) in [6.45, 7) is 5.17. The topological polar surface area (TPSA) is 23.6 Å². The van der Waals surface area contributed by atoms with E-state index in [9.17, 15) is 13.6 Å². The van der Waals surface area contributed by atoms with Crippen molar-refractivity contribution in [3.05, 3.63) is 63.6 Å². The van der Waals surface area contributed by atoms with Gasteiger partial charge in [0, 0.05) is 38.3 Å². The third kappa shape index (κ3) is 4.25. The maximum Gasteiger partial charge on any atom is 0.159 e. The van der Waals surface area contributed by atoms with Crippen LogP contribution in [-0.4, -0.2) is 36.9 Å². The van der Waals surface area contributed by atoms with Gasteiger partial charge >= 0.3 is 0 Å². The molecule has 132 valence electrons. The van der Waals surface area contributed by atoms with Crippen LogP contribution in [0.4, 0.5) is 14.5 Å². The monoisotopic (exact) mass is 408 g/mol. The van der Waals surface area contributed by atoms with E-state index in [2.05, 4.69) is 20.8 Å². The van der Waals surface area contributed by atoms with Crippen LogP contribution in [0.2, 0.25) is 0 Å². The summed E-state index contributed by atoms with van der Waals surface area (Å²) in [4.78, 5) is 15.6. The van der Waals surface area contributed by atoms with Crippen molar-refractivity contribution >= 4 is 27.4 Å². The van der Waals surface area contributed by atoms with Gasteiger partial charge in [-0.05, 0) is 58.7 Å². The summed E-state index contributed by atoms with van der Waals surface area (Å²) in [6, 6.07) is 9.69. The Bertz CT molecular complexity index is 789. The number of carbonyl (C=O) groups excluding carboxylic acids is 1. The van der Waals surface area contributed by atoms with Crippen molar-refractivity contribution in [3.8, 4) is 0 Å². The molecule has 1 aliphatic heterocycles. The minimum atomic E-state index is -0.358. The van der Waals surface area contributed by atoms with E-state index < -0.39 is 0 Å². The first-order valence-corrected chi connectivity index (χ1v) is 8.95. The summed E-state index contributed by atoms with van der Waals surface area (Å²) >= 11 is 3.21. The zero-order valence-electron chi connectivity index (χ0n) is 13.9. The van der Waals surface area contributed by atoms with Gasteiger partial charge < -0.3 is 4.90 Å². The van der Waals surface area contributed by atoms with E-state index in [0.717, 1.165) is 25.2 Å². The lowest BCUT2D eigenvalue weighted by molar-refractivity contribution is 0.101. The number of benzene rings is 2. The third-order valence-corrected chi connectivity index (χ3v) is 5.07. The first kappa shape index (κ1) is 18.0. The molecule has 2 aromatic rings. The number of rotatable bonds is 4. The van der Waals surface area contributed by atoms with Gasteiger partial charge in [0.05, 0.1) is 10.2 Å². The van der Waals surface area contributed by atoms with E-state index in [0.29, 0.717) is 28.8 Å². The predicted octanol–water partition coefficient (Wildman–Crippen LogP) is 4.25. The van der Waals surface area contributed by atoms with Crippen LogP contribution in [0.15, 0.2) is 40.9 Å². The Morgan fingerprint density at radius 2 is 1.76 bits per heavy atom. The number of anilines is 1. The van der Waals surface area contributed by atoms with Crippen LogP contribution in [0.1, 0.15) is 22.8 Å². The maximum atomic E-state index is 14.3. The van der Waals surface area contributed by atoms with Gasteiger partial charge in [0.1, 0.15) is 11.6 Å². The van der Waals surface area contributed by atoms with Crippen molar-refractivity contribution in [2.45, 2.75) is 13.5 Å². The number of nitrogens with zero attached hydrogens (tertiary/aromatic N) is 2. The molecule has 1 fully saturated rings. The molecular weight excluding hydrogens is 390 g/mol. The summed E-state index contributed by atoms with van der Waals surface area (Å²) in [5, 5.41) is 0. The van der Waals surface area contributed by atoms with E-state index in [1.807, 2.05) is 4.90 Å². The highest BCUT2D eigenvalue weighted by Gasteiger charge is 2.20. The molecule has 0 unspecified atom stereocenters. The molecule has 25 heavy (non-hydrogen) atoms. The van der Waals surface area contributed by atoms with Gasteiger partial charge in [0.25, 0.3) is 0 Å². The van der Waals surface area contributed by atoms with Gasteiger partial charge in [-0.25, -0.2) is 8.78 Å². The van der Waals surface area contributed by atoms with Crippen molar-refractivity contribution in [1.29, 1.82) is 0 Å². The molecule has 3 nitrogen and oxygen atoms in total. The Labute approximate surface area is 154 Å². The zero-order valence-corrected chi connectivity index (χ0v) is 15.5. The van der Waals surface area contributed by atoms with Gasteiger partial charge in [-0.15, -0.1) is 0 Å². The summed E-state index contributed by atoms with van der Waals surface area (Å²) in [6.07, 6.45) is 0. The highest BCUT2D eigenvalue weighted by atomic mass is 79.9. The highest BCUT2D eigenvalue weighted by molar-refractivity contribution is 9.10. The average molecular weight is 409 g/mol. The lowest BCUT2D eigenvalue weighted by Crippen LogP contribution is -2.46. The third-order valence-electron chi connectivity index (χ3n) is 4.46. The number of ketones is 1.